The number of aromatic nitrogens is 1. The van der Waals surface area contributed by atoms with Crippen molar-refractivity contribution in [3.8, 4) is 0 Å². The predicted octanol–water partition coefficient (Wildman–Crippen LogP) is 3.70. The molecule has 4 rings (SSSR count). The summed E-state index contributed by atoms with van der Waals surface area (Å²) in [6.45, 7) is 6.95. The molecule has 5 nitrogen and oxygen atoms in total. The number of likely N-dealkylation sites (tertiary alicyclic amines) is 2. The molecule has 150 valence electrons. The highest BCUT2D eigenvalue weighted by molar-refractivity contribution is 5.96. The number of amides is 1. The van der Waals surface area contributed by atoms with Crippen LogP contribution in [-0.2, 0) is 6.54 Å². The van der Waals surface area contributed by atoms with Gasteiger partial charge in [-0.1, -0.05) is 17.3 Å². The third-order valence-corrected chi connectivity index (χ3v) is 6.14. The van der Waals surface area contributed by atoms with Crippen LogP contribution in [0.5, 0.6) is 0 Å². The van der Waals surface area contributed by atoms with Crippen LogP contribution in [0.3, 0.4) is 0 Å². The molecule has 0 saturated carbocycles. The lowest BCUT2D eigenvalue weighted by atomic mass is 9.79. The van der Waals surface area contributed by atoms with E-state index < -0.39 is 11.6 Å². The fourth-order valence-electron chi connectivity index (χ4n) is 4.74. The average molecular weight is 389 g/mol. The van der Waals surface area contributed by atoms with Crippen molar-refractivity contribution >= 4 is 5.91 Å². The van der Waals surface area contributed by atoms with Gasteiger partial charge in [0, 0.05) is 37.2 Å². The highest BCUT2D eigenvalue weighted by Gasteiger charge is 2.43. The maximum atomic E-state index is 14.1. The summed E-state index contributed by atoms with van der Waals surface area (Å²) in [5.74, 6) is -1.04. The number of carbonyl (C=O) groups excluding carboxylic acids is 1. The van der Waals surface area contributed by atoms with Crippen LogP contribution in [0.25, 0.3) is 0 Å². The molecule has 0 bridgehead atoms. The van der Waals surface area contributed by atoms with Crippen molar-refractivity contribution in [1.82, 2.24) is 15.0 Å². The first-order valence-corrected chi connectivity index (χ1v) is 9.76. The molecule has 7 heteroatoms. The zero-order valence-electron chi connectivity index (χ0n) is 16.3. The van der Waals surface area contributed by atoms with Gasteiger partial charge in [-0.15, -0.1) is 0 Å². The number of halogens is 2. The van der Waals surface area contributed by atoms with Gasteiger partial charge in [-0.2, -0.15) is 0 Å². The number of nitrogens with zero attached hydrogens (tertiary/aromatic N) is 3. The minimum absolute atomic E-state index is 0.0106. The molecule has 1 amide bonds. The van der Waals surface area contributed by atoms with Crippen LogP contribution in [0.4, 0.5) is 8.78 Å². The first-order valence-electron chi connectivity index (χ1n) is 9.76. The van der Waals surface area contributed by atoms with E-state index >= 15 is 0 Å². The van der Waals surface area contributed by atoms with Crippen molar-refractivity contribution in [3.05, 3.63) is 52.4 Å². The van der Waals surface area contributed by atoms with Crippen LogP contribution in [0.15, 0.2) is 22.7 Å². The summed E-state index contributed by atoms with van der Waals surface area (Å²) in [7, 11) is 0. The van der Waals surface area contributed by atoms with Crippen molar-refractivity contribution in [3.63, 3.8) is 0 Å². The maximum Gasteiger partial charge on any atom is 0.259 e. The number of rotatable bonds is 3. The molecule has 2 fully saturated rings. The molecule has 2 saturated heterocycles. The van der Waals surface area contributed by atoms with E-state index in [1.807, 2.05) is 4.90 Å². The normalized spacial score (nSPS) is 22.9. The summed E-state index contributed by atoms with van der Waals surface area (Å²) in [4.78, 5) is 17.0. The Kier molecular flexibility index (Phi) is 4.95. The van der Waals surface area contributed by atoms with E-state index in [1.54, 1.807) is 26.0 Å². The van der Waals surface area contributed by atoms with E-state index in [0.717, 1.165) is 38.4 Å². The van der Waals surface area contributed by atoms with Crippen LogP contribution >= 0.6 is 0 Å². The van der Waals surface area contributed by atoms with Crippen molar-refractivity contribution in [2.45, 2.75) is 39.7 Å². The Morgan fingerprint density at radius 1 is 1.21 bits per heavy atom. The Hall–Kier alpha value is -2.28. The second kappa shape index (κ2) is 7.28. The van der Waals surface area contributed by atoms with E-state index in [1.165, 1.54) is 0 Å². The molecule has 1 aromatic heterocycles. The highest BCUT2D eigenvalue weighted by Crippen LogP contribution is 2.40. The second-order valence-corrected chi connectivity index (χ2v) is 8.20. The number of piperidine rings is 1. The van der Waals surface area contributed by atoms with Crippen LogP contribution in [0, 0.1) is 30.9 Å². The molecule has 1 aromatic carbocycles. The standard InChI is InChI=1S/C21H25F2N3O2/c1-14-18(15(2)28-24-14)20(27)26-10-8-21(13-26)7-4-9-25(12-21)11-16-5-3-6-17(22)19(16)23/h3,5-6H,4,7-13H2,1-2H3. The topological polar surface area (TPSA) is 49.6 Å². The smallest absolute Gasteiger partial charge is 0.259 e. The zero-order chi connectivity index (χ0) is 19.9. The zero-order valence-corrected chi connectivity index (χ0v) is 16.3. The molecule has 2 aliphatic heterocycles. The summed E-state index contributed by atoms with van der Waals surface area (Å²) in [6, 6.07) is 4.33. The Morgan fingerprint density at radius 3 is 2.79 bits per heavy atom. The highest BCUT2D eigenvalue weighted by atomic mass is 19.2. The van der Waals surface area contributed by atoms with E-state index in [4.69, 9.17) is 4.52 Å². The molecule has 2 aliphatic rings. The number of benzene rings is 1. The molecule has 1 spiro atoms. The van der Waals surface area contributed by atoms with Gasteiger partial charge >= 0.3 is 0 Å². The molecule has 1 unspecified atom stereocenters. The molecular formula is C21H25F2N3O2. The molecular weight excluding hydrogens is 364 g/mol. The minimum Gasteiger partial charge on any atom is -0.361 e. The van der Waals surface area contributed by atoms with Gasteiger partial charge in [-0.3, -0.25) is 9.69 Å². The van der Waals surface area contributed by atoms with Crippen molar-refractivity contribution in [2.24, 2.45) is 5.41 Å². The second-order valence-electron chi connectivity index (χ2n) is 8.20. The number of hydrogen-bond donors (Lipinski definition) is 0. The number of carbonyl (C=O) groups is 1. The maximum absolute atomic E-state index is 14.1. The number of hydrogen-bond acceptors (Lipinski definition) is 4. The van der Waals surface area contributed by atoms with Crippen molar-refractivity contribution in [2.75, 3.05) is 26.2 Å². The molecule has 0 N–H and O–H groups in total. The Balaban J connectivity index is 1.46. The lowest BCUT2D eigenvalue weighted by Gasteiger charge is -2.40. The van der Waals surface area contributed by atoms with Crippen LogP contribution in [0.1, 0.15) is 46.6 Å². The summed E-state index contributed by atoms with van der Waals surface area (Å²) in [5.41, 5.74) is 1.58. The Bertz CT molecular complexity index is 878. The molecule has 0 aliphatic carbocycles. The molecule has 0 radical (unpaired) electrons. The van der Waals surface area contributed by atoms with Gasteiger partial charge in [-0.05, 0) is 45.7 Å². The van der Waals surface area contributed by atoms with Gasteiger partial charge in [0.25, 0.3) is 5.91 Å². The average Bonchev–Trinajstić information content (AvgIpc) is 3.22. The SMILES string of the molecule is Cc1noc(C)c1C(=O)N1CCC2(CCCN(Cc3cccc(F)c3F)C2)C1. The summed E-state index contributed by atoms with van der Waals surface area (Å²) < 4.78 is 32.7. The molecule has 28 heavy (non-hydrogen) atoms. The third kappa shape index (κ3) is 3.43. The largest absolute Gasteiger partial charge is 0.361 e. The van der Waals surface area contributed by atoms with Crippen LogP contribution < -0.4 is 0 Å². The molecule has 3 heterocycles. The van der Waals surface area contributed by atoms with E-state index in [-0.39, 0.29) is 11.3 Å². The fraction of sp³-hybridized carbons (Fsp3) is 0.524. The lowest BCUT2D eigenvalue weighted by molar-refractivity contribution is 0.0671. The first kappa shape index (κ1) is 19.1. The quantitative estimate of drug-likeness (QED) is 0.803. The van der Waals surface area contributed by atoms with E-state index in [9.17, 15) is 13.6 Å². The summed E-state index contributed by atoms with van der Waals surface area (Å²) in [6.07, 6.45) is 2.95. The summed E-state index contributed by atoms with van der Waals surface area (Å²) in [5, 5.41) is 3.89. The third-order valence-electron chi connectivity index (χ3n) is 6.14. The van der Waals surface area contributed by atoms with Crippen LogP contribution in [0.2, 0.25) is 0 Å². The van der Waals surface area contributed by atoms with Gasteiger partial charge in [0.2, 0.25) is 0 Å². The van der Waals surface area contributed by atoms with Crippen molar-refractivity contribution in [1.29, 1.82) is 0 Å². The monoisotopic (exact) mass is 389 g/mol. The van der Waals surface area contributed by atoms with E-state index in [0.29, 0.717) is 42.2 Å². The van der Waals surface area contributed by atoms with E-state index in [2.05, 4.69) is 10.1 Å². The van der Waals surface area contributed by atoms with Gasteiger partial charge in [-0.25, -0.2) is 8.78 Å². The van der Waals surface area contributed by atoms with Crippen molar-refractivity contribution < 1.29 is 18.1 Å². The van der Waals surface area contributed by atoms with Gasteiger partial charge in [0.1, 0.15) is 11.3 Å². The minimum atomic E-state index is -0.804. The van der Waals surface area contributed by atoms with Gasteiger partial charge in [0.05, 0.1) is 5.69 Å². The Morgan fingerprint density at radius 2 is 2.04 bits per heavy atom. The number of aryl methyl sites for hydroxylation is 2. The fourth-order valence-corrected chi connectivity index (χ4v) is 4.74. The first-order chi connectivity index (χ1) is 13.4. The Labute approximate surface area is 163 Å². The van der Waals surface area contributed by atoms with Gasteiger partial charge in [0.15, 0.2) is 11.6 Å². The molecule has 1 atom stereocenters. The predicted molar refractivity (Wildman–Crippen MR) is 99.8 cm³/mol. The lowest BCUT2D eigenvalue weighted by Crippen LogP contribution is -2.45. The van der Waals surface area contributed by atoms with Crippen LogP contribution in [-0.4, -0.2) is 47.0 Å². The molecule has 2 aromatic rings. The summed E-state index contributed by atoms with van der Waals surface area (Å²) >= 11 is 0. The van der Waals surface area contributed by atoms with Gasteiger partial charge < -0.3 is 9.42 Å².